The second kappa shape index (κ2) is 6.85. The summed E-state index contributed by atoms with van der Waals surface area (Å²) in [6.07, 6.45) is 0. The van der Waals surface area contributed by atoms with Crippen LogP contribution in [0.25, 0.3) is 0 Å². The van der Waals surface area contributed by atoms with Gasteiger partial charge < -0.3 is 10.5 Å². The number of ether oxygens (including phenoxy) is 1. The highest BCUT2D eigenvalue weighted by Gasteiger charge is 2.31. The molecule has 1 amide bonds. The van der Waals surface area contributed by atoms with Crippen LogP contribution in [0, 0.1) is 0 Å². The van der Waals surface area contributed by atoms with Gasteiger partial charge >= 0.3 is 5.51 Å². The number of amides is 1. The fraction of sp³-hybridized carbons (Fsp3) is 0.417. The van der Waals surface area contributed by atoms with Crippen molar-refractivity contribution in [3.05, 3.63) is 23.8 Å². The summed E-state index contributed by atoms with van der Waals surface area (Å²) < 4.78 is 42.3. The number of nitrogens with two attached hydrogens (primary N) is 1. The molecule has 0 aliphatic carbocycles. The second-order valence-corrected chi connectivity index (χ2v) is 5.28. The quantitative estimate of drug-likeness (QED) is 0.819. The molecule has 0 bridgehead atoms. The fourth-order valence-corrected chi connectivity index (χ4v) is 2.37. The fourth-order valence-electron chi connectivity index (χ4n) is 1.66. The molecule has 0 spiro atoms. The standard InChI is InChI=1S/C12H15F3N2O2S/c1-17(7-11(16)18)6-8-3-4-9(19-2)10(5-8)20-12(13,14)15/h3-5H,6-7H2,1-2H3,(H2,16,18). The molecule has 1 aromatic rings. The molecule has 0 heterocycles. The molecule has 20 heavy (non-hydrogen) atoms. The third-order valence-electron chi connectivity index (χ3n) is 2.33. The van der Waals surface area contributed by atoms with Crippen LogP contribution in [0.3, 0.4) is 0 Å². The predicted octanol–water partition coefficient (Wildman–Crippen LogP) is 2.22. The minimum Gasteiger partial charge on any atom is -0.496 e. The summed E-state index contributed by atoms with van der Waals surface area (Å²) in [6, 6.07) is 4.52. The van der Waals surface area contributed by atoms with Gasteiger partial charge in [-0.05, 0) is 36.5 Å². The van der Waals surface area contributed by atoms with Gasteiger partial charge in [-0.2, -0.15) is 13.2 Å². The van der Waals surface area contributed by atoms with Crippen molar-refractivity contribution >= 4 is 17.7 Å². The molecule has 0 unspecified atom stereocenters. The van der Waals surface area contributed by atoms with Gasteiger partial charge in [-0.1, -0.05) is 6.07 Å². The van der Waals surface area contributed by atoms with Crippen molar-refractivity contribution in [1.29, 1.82) is 0 Å². The SMILES string of the molecule is COc1ccc(CN(C)CC(N)=O)cc1SC(F)(F)F. The van der Waals surface area contributed by atoms with E-state index in [4.69, 9.17) is 10.5 Å². The maximum atomic E-state index is 12.5. The van der Waals surface area contributed by atoms with Gasteiger partial charge in [-0.25, -0.2) is 0 Å². The Morgan fingerprint density at radius 1 is 1.45 bits per heavy atom. The molecule has 112 valence electrons. The number of halogens is 3. The molecule has 0 fully saturated rings. The molecule has 0 aliphatic rings. The van der Waals surface area contributed by atoms with Crippen LogP contribution in [0.4, 0.5) is 13.2 Å². The molecular formula is C12H15F3N2O2S. The van der Waals surface area contributed by atoms with Crippen LogP contribution in [-0.2, 0) is 11.3 Å². The summed E-state index contributed by atoms with van der Waals surface area (Å²) >= 11 is -0.228. The highest BCUT2D eigenvalue weighted by molar-refractivity contribution is 8.00. The summed E-state index contributed by atoms with van der Waals surface area (Å²) in [5.74, 6) is -0.334. The van der Waals surface area contributed by atoms with Crippen molar-refractivity contribution in [3.63, 3.8) is 0 Å². The highest BCUT2D eigenvalue weighted by atomic mass is 32.2. The molecule has 0 aliphatic heterocycles. The van der Waals surface area contributed by atoms with Gasteiger partial charge in [0.1, 0.15) is 5.75 Å². The van der Waals surface area contributed by atoms with Crippen molar-refractivity contribution in [1.82, 2.24) is 4.90 Å². The summed E-state index contributed by atoms with van der Waals surface area (Å²) in [5.41, 5.74) is 1.31. The van der Waals surface area contributed by atoms with E-state index in [-0.39, 0.29) is 29.0 Å². The van der Waals surface area contributed by atoms with Crippen LogP contribution in [-0.4, -0.2) is 37.0 Å². The van der Waals surface area contributed by atoms with Crippen molar-refractivity contribution in [2.45, 2.75) is 16.9 Å². The molecule has 0 radical (unpaired) electrons. The van der Waals surface area contributed by atoms with Crippen LogP contribution in [0.1, 0.15) is 5.56 Å². The van der Waals surface area contributed by atoms with Gasteiger partial charge in [0.15, 0.2) is 0 Å². The van der Waals surface area contributed by atoms with Crippen LogP contribution >= 0.6 is 11.8 Å². The summed E-state index contributed by atoms with van der Waals surface area (Å²) in [7, 11) is 2.97. The Hall–Kier alpha value is -1.41. The smallest absolute Gasteiger partial charge is 0.446 e. The van der Waals surface area contributed by atoms with Crippen LogP contribution in [0.5, 0.6) is 5.75 Å². The van der Waals surface area contributed by atoms with Crippen LogP contribution in [0.2, 0.25) is 0 Å². The van der Waals surface area contributed by atoms with Crippen LogP contribution < -0.4 is 10.5 Å². The lowest BCUT2D eigenvalue weighted by atomic mass is 10.2. The lowest BCUT2D eigenvalue weighted by Gasteiger charge is -2.16. The number of thioether (sulfide) groups is 1. The molecule has 8 heteroatoms. The van der Waals surface area contributed by atoms with Crippen molar-refractivity contribution in [3.8, 4) is 5.75 Å². The first-order valence-corrected chi connectivity index (χ1v) is 6.42. The van der Waals surface area contributed by atoms with E-state index in [2.05, 4.69) is 0 Å². The maximum absolute atomic E-state index is 12.5. The molecule has 0 saturated heterocycles. The Morgan fingerprint density at radius 2 is 2.10 bits per heavy atom. The number of alkyl halides is 3. The van der Waals surface area contributed by atoms with Crippen molar-refractivity contribution in [2.75, 3.05) is 20.7 Å². The number of carbonyl (C=O) groups is 1. The molecule has 0 aromatic heterocycles. The zero-order valence-electron chi connectivity index (χ0n) is 11.0. The van der Waals surface area contributed by atoms with Crippen molar-refractivity contribution < 1.29 is 22.7 Å². The number of likely N-dealkylation sites (N-methyl/N-ethyl adjacent to an activating group) is 1. The Labute approximate surface area is 119 Å². The number of nitrogens with zero attached hydrogens (tertiary/aromatic N) is 1. The lowest BCUT2D eigenvalue weighted by Crippen LogP contribution is -2.30. The summed E-state index contributed by atoms with van der Waals surface area (Å²) in [6.45, 7) is 0.353. The lowest BCUT2D eigenvalue weighted by molar-refractivity contribution is -0.118. The normalized spacial score (nSPS) is 11.7. The number of carbonyl (C=O) groups excluding carboxylic acids is 1. The molecule has 1 aromatic carbocycles. The summed E-state index contributed by atoms with van der Waals surface area (Å²) in [4.78, 5) is 12.4. The van der Waals surface area contributed by atoms with Gasteiger partial charge in [0, 0.05) is 6.54 Å². The van der Waals surface area contributed by atoms with E-state index < -0.39 is 11.4 Å². The zero-order chi connectivity index (χ0) is 15.3. The summed E-state index contributed by atoms with van der Waals surface area (Å²) in [5, 5.41) is 0. The first kappa shape index (κ1) is 16.6. The maximum Gasteiger partial charge on any atom is 0.446 e. The van der Waals surface area contributed by atoms with Gasteiger partial charge in [0.05, 0.1) is 18.6 Å². The number of benzene rings is 1. The van der Waals surface area contributed by atoms with Gasteiger partial charge in [-0.15, -0.1) is 0 Å². The third-order valence-corrected chi connectivity index (χ3v) is 3.10. The van der Waals surface area contributed by atoms with E-state index in [1.165, 1.54) is 19.2 Å². The Kier molecular flexibility index (Phi) is 5.70. The minimum atomic E-state index is -4.38. The van der Waals surface area contributed by atoms with E-state index in [9.17, 15) is 18.0 Å². The number of hydrogen-bond acceptors (Lipinski definition) is 4. The average Bonchev–Trinajstić information content (AvgIpc) is 2.25. The molecule has 4 nitrogen and oxygen atoms in total. The van der Waals surface area contributed by atoms with Gasteiger partial charge in [-0.3, -0.25) is 9.69 Å². The van der Waals surface area contributed by atoms with Crippen LogP contribution in [0.15, 0.2) is 23.1 Å². The molecular weight excluding hydrogens is 293 g/mol. The van der Waals surface area contributed by atoms with E-state index in [0.717, 1.165) is 0 Å². The second-order valence-electron chi connectivity index (χ2n) is 4.17. The van der Waals surface area contributed by atoms with Gasteiger partial charge in [0.2, 0.25) is 5.91 Å². The van der Waals surface area contributed by atoms with E-state index >= 15 is 0 Å². The number of primary amides is 1. The molecule has 0 atom stereocenters. The molecule has 0 saturated carbocycles. The number of hydrogen-bond donors (Lipinski definition) is 1. The van der Waals surface area contributed by atoms with Crippen molar-refractivity contribution in [2.24, 2.45) is 5.73 Å². The monoisotopic (exact) mass is 308 g/mol. The Morgan fingerprint density at radius 3 is 2.60 bits per heavy atom. The van der Waals surface area contributed by atoms with E-state index in [1.807, 2.05) is 0 Å². The van der Waals surface area contributed by atoms with E-state index in [0.29, 0.717) is 12.1 Å². The number of methoxy groups -OCH3 is 1. The topological polar surface area (TPSA) is 55.6 Å². The Balaban J connectivity index is 2.89. The minimum absolute atomic E-state index is 0.00928. The average molecular weight is 308 g/mol. The highest BCUT2D eigenvalue weighted by Crippen LogP contribution is 2.41. The van der Waals surface area contributed by atoms with Gasteiger partial charge in [0.25, 0.3) is 0 Å². The number of rotatable bonds is 6. The first-order chi connectivity index (χ1) is 9.21. The zero-order valence-corrected chi connectivity index (χ0v) is 11.8. The predicted molar refractivity (Wildman–Crippen MR) is 70.4 cm³/mol. The molecule has 1 rings (SSSR count). The Bertz CT molecular complexity index is 480. The first-order valence-electron chi connectivity index (χ1n) is 5.61. The largest absolute Gasteiger partial charge is 0.496 e. The van der Waals surface area contributed by atoms with E-state index in [1.54, 1.807) is 18.0 Å². The third kappa shape index (κ3) is 5.70. The molecule has 2 N–H and O–H groups in total.